The zero-order valence-corrected chi connectivity index (χ0v) is 17.6. The third kappa shape index (κ3) is 7.71. The molecule has 2 unspecified atom stereocenters. The van der Waals surface area contributed by atoms with Crippen LogP contribution in [0.4, 0.5) is 26.3 Å². The van der Waals surface area contributed by atoms with Crippen LogP contribution in [0.5, 0.6) is 0 Å². The molecule has 1 aliphatic rings. The Labute approximate surface area is 186 Å². The Morgan fingerprint density at radius 2 is 1.67 bits per heavy atom. The van der Waals surface area contributed by atoms with Crippen LogP contribution < -0.4 is 0 Å². The summed E-state index contributed by atoms with van der Waals surface area (Å²) in [6, 6.07) is 0.728. The van der Waals surface area contributed by atoms with Crippen molar-refractivity contribution >= 4 is 17.5 Å². The Hall–Kier alpha value is -2.65. The number of aliphatic carboxylic acids is 1. The Balaban J connectivity index is 2.10. The van der Waals surface area contributed by atoms with Gasteiger partial charge in [0.1, 0.15) is 5.78 Å². The number of halogens is 6. The number of ketones is 2. The van der Waals surface area contributed by atoms with Crippen LogP contribution in [0.2, 0.25) is 0 Å². The zero-order valence-electron chi connectivity index (χ0n) is 17.6. The van der Waals surface area contributed by atoms with E-state index in [9.17, 15) is 40.7 Å². The fourth-order valence-electron chi connectivity index (χ4n) is 4.01. The van der Waals surface area contributed by atoms with E-state index >= 15 is 0 Å². The molecule has 2 atom stereocenters. The minimum Gasteiger partial charge on any atom is -0.481 e. The summed E-state index contributed by atoms with van der Waals surface area (Å²) in [5, 5.41) is 8.62. The average Bonchev–Trinajstić information content (AvgIpc) is 3.06. The smallest absolute Gasteiger partial charge is 0.417 e. The van der Waals surface area contributed by atoms with Crippen LogP contribution in [0, 0.1) is 11.8 Å². The number of carboxylic acid groups (broad SMARTS) is 1. The van der Waals surface area contributed by atoms with Crippen LogP contribution in [-0.4, -0.2) is 22.6 Å². The summed E-state index contributed by atoms with van der Waals surface area (Å²) in [7, 11) is 0. The van der Waals surface area contributed by atoms with Gasteiger partial charge in [0, 0.05) is 24.3 Å². The third-order valence-electron chi connectivity index (χ3n) is 5.72. The summed E-state index contributed by atoms with van der Waals surface area (Å²) >= 11 is 0. The second-order valence-electron chi connectivity index (χ2n) is 8.10. The highest BCUT2D eigenvalue weighted by atomic mass is 19.4. The largest absolute Gasteiger partial charge is 0.481 e. The number of alkyl halides is 6. The first-order chi connectivity index (χ1) is 15.3. The number of Topliss-reactive ketones (excluding diaryl/α,β-unsaturated/α-hetero) is 1. The van der Waals surface area contributed by atoms with Crippen LogP contribution in [0.25, 0.3) is 0 Å². The number of hydrogen-bond donors (Lipinski definition) is 1. The maximum atomic E-state index is 13.2. The molecule has 2 rings (SSSR count). The van der Waals surface area contributed by atoms with Crippen molar-refractivity contribution in [3.8, 4) is 0 Å². The van der Waals surface area contributed by atoms with E-state index in [4.69, 9.17) is 5.11 Å². The van der Waals surface area contributed by atoms with Gasteiger partial charge >= 0.3 is 18.3 Å². The molecule has 1 aromatic carbocycles. The van der Waals surface area contributed by atoms with E-state index in [1.165, 1.54) is 6.08 Å². The van der Waals surface area contributed by atoms with Gasteiger partial charge in [0.2, 0.25) is 0 Å². The summed E-state index contributed by atoms with van der Waals surface area (Å²) in [6.45, 7) is 0. The van der Waals surface area contributed by atoms with E-state index in [2.05, 4.69) is 0 Å². The molecule has 0 radical (unpaired) electrons. The van der Waals surface area contributed by atoms with E-state index in [0.717, 1.165) is 6.08 Å². The van der Waals surface area contributed by atoms with Crippen LogP contribution in [-0.2, 0) is 21.9 Å². The van der Waals surface area contributed by atoms with Crippen molar-refractivity contribution < 1.29 is 45.8 Å². The number of rotatable bonds is 10. The molecule has 33 heavy (non-hydrogen) atoms. The van der Waals surface area contributed by atoms with E-state index in [-0.39, 0.29) is 42.7 Å². The predicted octanol–water partition coefficient (Wildman–Crippen LogP) is 6.48. The molecule has 0 heterocycles. The van der Waals surface area contributed by atoms with Crippen molar-refractivity contribution in [2.75, 3.05) is 0 Å². The van der Waals surface area contributed by atoms with E-state index in [0.29, 0.717) is 38.5 Å². The van der Waals surface area contributed by atoms with Gasteiger partial charge in [-0.05, 0) is 49.5 Å². The quantitative estimate of drug-likeness (QED) is 0.181. The minimum atomic E-state index is -5.00. The molecule has 1 aromatic rings. The maximum absolute atomic E-state index is 13.2. The molecule has 0 amide bonds. The third-order valence-corrected chi connectivity index (χ3v) is 5.72. The monoisotopic (exact) mass is 478 g/mol. The molecule has 10 heteroatoms. The Morgan fingerprint density at radius 1 is 1.00 bits per heavy atom. The van der Waals surface area contributed by atoms with Gasteiger partial charge in [-0.15, -0.1) is 0 Å². The zero-order chi connectivity index (χ0) is 24.8. The van der Waals surface area contributed by atoms with Gasteiger partial charge in [0.05, 0.1) is 11.1 Å². The van der Waals surface area contributed by atoms with Crippen LogP contribution in [0.15, 0.2) is 30.4 Å². The molecule has 0 saturated heterocycles. The van der Waals surface area contributed by atoms with E-state index < -0.39 is 46.7 Å². The number of benzene rings is 1. The van der Waals surface area contributed by atoms with Gasteiger partial charge < -0.3 is 5.11 Å². The first kappa shape index (κ1) is 26.6. The molecule has 0 aliphatic heterocycles. The fraction of sp³-hybridized carbons (Fsp3) is 0.522. The SMILES string of the molecule is O=C(O)CCCCCCC1C(=O)CCC1/C=C/C(=O)c1cc(C(F)(F)F)ccc1C(F)(F)F. The molecule has 182 valence electrons. The summed E-state index contributed by atoms with van der Waals surface area (Å²) in [4.78, 5) is 35.1. The Bertz CT molecular complexity index is 901. The number of carbonyl (C=O) groups excluding carboxylic acids is 2. The number of allylic oxidation sites excluding steroid dienone is 2. The lowest BCUT2D eigenvalue weighted by Crippen LogP contribution is -2.16. The van der Waals surface area contributed by atoms with E-state index in [1.54, 1.807) is 0 Å². The number of carbonyl (C=O) groups is 3. The van der Waals surface area contributed by atoms with Gasteiger partial charge in [-0.2, -0.15) is 26.3 Å². The topological polar surface area (TPSA) is 71.4 Å². The van der Waals surface area contributed by atoms with Crippen molar-refractivity contribution in [3.63, 3.8) is 0 Å². The second kappa shape index (κ2) is 11.0. The summed E-state index contributed by atoms with van der Waals surface area (Å²) in [6.07, 6.45) is -3.98. The molecule has 0 aromatic heterocycles. The number of unbranched alkanes of at least 4 members (excludes halogenated alkanes) is 3. The van der Waals surface area contributed by atoms with Gasteiger partial charge in [-0.3, -0.25) is 14.4 Å². The molecule has 1 saturated carbocycles. The fourth-order valence-corrected chi connectivity index (χ4v) is 4.01. The van der Waals surface area contributed by atoms with Crippen molar-refractivity contribution in [1.82, 2.24) is 0 Å². The Kier molecular flexibility index (Phi) is 8.85. The molecule has 0 bridgehead atoms. The molecular formula is C23H24F6O4. The number of hydrogen-bond acceptors (Lipinski definition) is 3. The maximum Gasteiger partial charge on any atom is 0.417 e. The van der Waals surface area contributed by atoms with Crippen LogP contribution in [0.3, 0.4) is 0 Å². The second-order valence-corrected chi connectivity index (χ2v) is 8.10. The predicted molar refractivity (Wildman–Crippen MR) is 106 cm³/mol. The lowest BCUT2D eigenvalue weighted by molar-refractivity contribution is -0.141. The molecule has 0 spiro atoms. The highest BCUT2D eigenvalue weighted by molar-refractivity contribution is 6.06. The first-order valence-electron chi connectivity index (χ1n) is 10.6. The lowest BCUT2D eigenvalue weighted by Gasteiger charge is -2.16. The van der Waals surface area contributed by atoms with Crippen molar-refractivity contribution in [2.24, 2.45) is 11.8 Å². The van der Waals surface area contributed by atoms with Crippen molar-refractivity contribution in [1.29, 1.82) is 0 Å². The van der Waals surface area contributed by atoms with Crippen molar-refractivity contribution in [2.45, 2.75) is 63.7 Å². The van der Waals surface area contributed by atoms with E-state index in [1.807, 2.05) is 0 Å². The summed E-state index contributed by atoms with van der Waals surface area (Å²) in [5.74, 6) is -2.93. The van der Waals surface area contributed by atoms with Gasteiger partial charge in [-0.25, -0.2) is 0 Å². The number of carboxylic acids is 1. The molecule has 4 nitrogen and oxygen atoms in total. The molecule has 1 N–H and O–H groups in total. The molecular weight excluding hydrogens is 454 g/mol. The molecule has 1 aliphatic carbocycles. The van der Waals surface area contributed by atoms with Gasteiger partial charge in [0.15, 0.2) is 5.78 Å². The summed E-state index contributed by atoms with van der Waals surface area (Å²) < 4.78 is 78.5. The van der Waals surface area contributed by atoms with Crippen molar-refractivity contribution in [3.05, 3.63) is 47.0 Å². The van der Waals surface area contributed by atoms with Gasteiger partial charge in [0.25, 0.3) is 0 Å². The van der Waals surface area contributed by atoms with Crippen LogP contribution in [0.1, 0.15) is 72.9 Å². The summed E-state index contributed by atoms with van der Waals surface area (Å²) in [5.41, 5.74) is -3.90. The lowest BCUT2D eigenvalue weighted by atomic mass is 9.89. The molecule has 1 fully saturated rings. The average molecular weight is 478 g/mol. The standard InChI is InChI=1S/C23H24F6O4/c24-22(25,26)15-9-10-18(23(27,28)29)17(13-15)20(31)12-8-14-7-11-19(30)16(14)5-3-1-2-4-6-21(32)33/h8-10,12-14,16H,1-7,11H2,(H,32,33)/b12-8+. The minimum absolute atomic E-state index is 0.0299. The highest BCUT2D eigenvalue weighted by Gasteiger charge is 2.38. The first-order valence-corrected chi connectivity index (χ1v) is 10.6. The van der Waals surface area contributed by atoms with Gasteiger partial charge in [-0.1, -0.05) is 25.3 Å². The Morgan fingerprint density at radius 3 is 2.27 bits per heavy atom. The van der Waals surface area contributed by atoms with Crippen LogP contribution >= 0.6 is 0 Å². The highest BCUT2D eigenvalue weighted by Crippen LogP contribution is 2.38. The normalized spacial score (nSPS) is 19.4.